The van der Waals surface area contributed by atoms with Crippen LogP contribution in [0.25, 0.3) is 0 Å². The lowest BCUT2D eigenvalue weighted by atomic mass is 10.1. The van der Waals surface area contributed by atoms with Gasteiger partial charge in [0.1, 0.15) is 6.54 Å². The molecule has 0 unspecified atom stereocenters. The van der Waals surface area contributed by atoms with Crippen LogP contribution in [0, 0.1) is 13.8 Å². The van der Waals surface area contributed by atoms with E-state index >= 15 is 0 Å². The molecule has 2 aromatic rings. The van der Waals surface area contributed by atoms with Gasteiger partial charge in [0.15, 0.2) is 11.5 Å². The molecule has 29 heavy (non-hydrogen) atoms. The third-order valence-electron chi connectivity index (χ3n) is 5.73. The highest BCUT2D eigenvalue weighted by Gasteiger charge is 2.31. The average Bonchev–Trinajstić information content (AvgIpc) is 2.96. The summed E-state index contributed by atoms with van der Waals surface area (Å²) in [5, 5.41) is 0. The van der Waals surface area contributed by atoms with E-state index in [-0.39, 0.29) is 4.90 Å². The Bertz CT molecular complexity index is 982. The Hall–Kier alpha value is -2.09. The van der Waals surface area contributed by atoms with Gasteiger partial charge in [-0.15, -0.1) is 0 Å². The van der Waals surface area contributed by atoms with Gasteiger partial charge in [-0.3, -0.25) is 0 Å². The molecule has 0 saturated carbocycles. The van der Waals surface area contributed by atoms with Crippen molar-refractivity contribution in [2.45, 2.75) is 31.7 Å². The first kappa shape index (κ1) is 20.2. The van der Waals surface area contributed by atoms with Crippen LogP contribution in [0.3, 0.4) is 0 Å². The third kappa shape index (κ3) is 4.42. The Morgan fingerprint density at radius 2 is 1.69 bits per heavy atom. The maximum atomic E-state index is 13.1. The van der Waals surface area contributed by atoms with Gasteiger partial charge in [0.2, 0.25) is 10.0 Å². The fourth-order valence-electron chi connectivity index (χ4n) is 3.93. The monoisotopic (exact) mass is 417 g/mol. The van der Waals surface area contributed by atoms with Gasteiger partial charge in [-0.2, -0.15) is 4.31 Å². The van der Waals surface area contributed by atoms with Gasteiger partial charge >= 0.3 is 0 Å². The zero-order chi connectivity index (χ0) is 20.4. The topological polar surface area (TPSA) is 60.3 Å². The van der Waals surface area contributed by atoms with Crippen LogP contribution in [0.15, 0.2) is 41.3 Å². The number of benzene rings is 2. The number of hydrogen-bond donors (Lipinski definition) is 1. The third-order valence-corrected chi connectivity index (χ3v) is 7.63. The first-order valence-electron chi connectivity index (χ1n) is 10.2. The summed E-state index contributed by atoms with van der Waals surface area (Å²) in [6.07, 6.45) is 0.794. The molecule has 0 aromatic heterocycles. The van der Waals surface area contributed by atoms with Crippen molar-refractivity contribution < 1.29 is 22.8 Å². The predicted octanol–water partition coefficient (Wildman–Crippen LogP) is 1.55. The SMILES string of the molecule is Cc1ccc(C)c(C[NH+]2CCN(S(=O)(=O)c3ccc4c(c3)OCCCO4)CC2)c1. The molecule has 0 amide bonds. The molecule has 1 saturated heterocycles. The normalized spacial score (nSPS) is 18.4. The van der Waals surface area contributed by atoms with E-state index in [9.17, 15) is 8.42 Å². The second-order valence-corrected chi connectivity index (χ2v) is 9.86. The van der Waals surface area contributed by atoms with E-state index in [1.54, 1.807) is 22.5 Å². The number of fused-ring (bicyclic) bond motifs is 1. The van der Waals surface area contributed by atoms with Gasteiger partial charge in [0.05, 0.1) is 44.3 Å². The molecular formula is C22H29N2O4S+. The van der Waals surface area contributed by atoms with Crippen molar-refractivity contribution in [2.75, 3.05) is 39.4 Å². The quantitative estimate of drug-likeness (QED) is 0.820. The number of rotatable bonds is 4. The number of quaternary nitrogens is 1. The smallest absolute Gasteiger partial charge is 0.243 e. The Morgan fingerprint density at radius 3 is 2.45 bits per heavy atom. The van der Waals surface area contributed by atoms with E-state index in [0.717, 1.165) is 26.1 Å². The number of piperazine rings is 1. The molecule has 1 fully saturated rings. The van der Waals surface area contributed by atoms with Gasteiger partial charge in [-0.25, -0.2) is 8.42 Å². The molecule has 4 rings (SSSR count). The molecule has 0 bridgehead atoms. The fraction of sp³-hybridized carbons (Fsp3) is 0.455. The summed E-state index contributed by atoms with van der Waals surface area (Å²) in [6, 6.07) is 11.5. The molecule has 0 aliphatic carbocycles. The minimum absolute atomic E-state index is 0.278. The molecule has 6 nitrogen and oxygen atoms in total. The maximum Gasteiger partial charge on any atom is 0.243 e. The number of aryl methyl sites for hydroxylation is 2. The van der Waals surface area contributed by atoms with Crippen molar-refractivity contribution in [1.82, 2.24) is 4.31 Å². The summed E-state index contributed by atoms with van der Waals surface area (Å²) in [7, 11) is -3.53. The first-order valence-corrected chi connectivity index (χ1v) is 11.7. The Balaban J connectivity index is 1.43. The predicted molar refractivity (Wildman–Crippen MR) is 111 cm³/mol. The largest absolute Gasteiger partial charge is 0.490 e. The van der Waals surface area contributed by atoms with Crippen LogP contribution in [-0.4, -0.2) is 52.1 Å². The first-order chi connectivity index (χ1) is 13.9. The van der Waals surface area contributed by atoms with Crippen LogP contribution in [0.1, 0.15) is 23.1 Å². The van der Waals surface area contributed by atoms with Crippen LogP contribution in [0.4, 0.5) is 0 Å². The molecule has 2 aromatic carbocycles. The van der Waals surface area contributed by atoms with Crippen molar-refractivity contribution in [3.05, 3.63) is 53.1 Å². The van der Waals surface area contributed by atoms with Crippen LogP contribution in [0.2, 0.25) is 0 Å². The Morgan fingerprint density at radius 1 is 0.966 bits per heavy atom. The van der Waals surface area contributed by atoms with Crippen LogP contribution in [0.5, 0.6) is 11.5 Å². The van der Waals surface area contributed by atoms with Crippen molar-refractivity contribution >= 4 is 10.0 Å². The van der Waals surface area contributed by atoms with E-state index in [1.165, 1.54) is 21.6 Å². The lowest BCUT2D eigenvalue weighted by molar-refractivity contribution is -0.917. The standard InChI is InChI=1S/C22H28N2O4S/c1-17-4-5-18(2)19(14-17)16-23-8-10-24(11-9-23)29(25,26)20-6-7-21-22(15-20)28-13-3-12-27-21/h4-7,14-15H,3,8-13,16H2,1-2H3/p+1. The molecule has 2 aliphatic heterocycles. The molecule has 0 atom stereocenters. The summed E-state index contributed by atoms with van der Waals surface area (Å²) in [5.41, 5.74) is 3.91. The van der Waals surface area contributed by atoms with E-state index in [0.29, 0.717) is 37.8 Å². The molecule has 2 heterocycles. The van der Waals surface area contributed by atoms with Gasteiger partial charge in [-0.05, 0) is 31.5 Å². The molecule has 0 radical (unpaired) electrons. The molecule has 0 spiro atoms. The van der Waals surface area contributed by atoms with Gasteiger partial charge in [0.25, 0.3) is 0 Å². The summed E-state index contributed by atoms with van der Waals surface area (Å²) in [5.74, 6) is 1.13. The van der Waals surface area contributed by atoms with Gasteiger partial charge in [-0.1, -0.05) is 23.8 Å². The summed E-state index contributed by atoms with van der Waals surface area (Å²) >= 11 is 0. The number of sulfonamides is 1. The highest BCUT2D eigenvalue weighted by molar-refractivity contribution is 7.89. The van der Waals surface area contributed by atoms with E-state index in [1.807, 2.05) is 0 Å². The van der Waals surface area contributed by atoms with Gasteiger partial charge < -0.3 is 14.4 Å². The zero-order valence-corrected chi connectivity index (χ0v) is 17.9. The van der Waals surface area contributed by atoms with Crippen LogP contribution < -0.4 is 14.4 Å². The average molecular weight is 418 g/mol. The highest BCUT2D eigenvalue weighted by Crippen LogP contribution is 2.32. The summed E-state index contributed by atoms with van der Waals surface area (Å²) < 4.78 is 39.2. The number of hydrogen-bond acceptors (Lipinski definition) is 4. The highest BCUT2D eigenvalue weighted by atomic mass is 32.2. The molecule has 7 heteroatoms. The second kappa shape index (κ2) is 8.34. The molecular weight excluding hydrogens is 388 g/mol. The zero-order valence-electron chi connectivity index (χ0n) is 17.1. The van der Waals surface area contributed by atoms with E-state index < -0.39 is 10.0 Å². The number of nitrogens with zero attached hydrogens (tertiary/aromatic N) is 1. The summed E-state index contributed by atoms with van der Waals surface area (Å²) in [4.78, 5) is 1.70. The van der Waals surface area contributed by atoms with E-state index in [4.69, 9.17) is 9.47 Å². The minimum atomic E-state index is -3.53. The fourth-order valence-corrected chi connectivity index (χ4v) is 5.39. The maximum absolute atomic E-state index is 13.1. The van der Waals surface area contributed by atoms with Gasteiger partial charge in [0, 0.05) is 18.1 Å². The van der Waals surface area contributed by atoms with Crippen LogP contribution in [-0.2, 0) is 16.6 Å². The molecule has 156 valence electrons. The summed E-state index contributed by atoms with van der Waals surface area (Å²) in [6.45, 7) is 8.96. The molecule has 1 N–H and O–H groups in total. The minimum Gasteiger partial charge on any atom is -0.490 e. The Labute approximate surface area is 173 Å². The van der Waals surface area contributed by atoms with Crippen molar-refractivity contribution in [3.8, 4) is 11.5 Å². The van der Waals surface area contributed by atoms with Crippen LogP contribution >= 0.6 is 0 Å². The lowest BCUT2D eigenvalue weighted by Crippen LogP contribution is -3.13. The van der Waals surface area contributed by atoms with Crippen molar-refractivity contribution in [1.29, 1.82) is 0 Å². The number of ether oxygens (including phenoxy) is 2. The van der Waals surface area contributed by atoms with E-state index in [2.05, 4.69) is 32.0 Å². The lowest BCUT2D eigenvalue weighted by Gasteiger charge is -2.32. The number of nitrogens with one attached hydrogen (secondary N) is 1. The second-order valence-electron chi connectivity index (χ2n) is 7.92. The Kier molecular flexibility index (Phi) is 5.81. The van der Waals surface area contributed by atoms with Crippen molar-refractivity contribution in [2.24, 2.45) is 0 Å². The van der Waals surface area contributed by atoms with Crippen molar-refractivity contribution in [3.63, 3.8) is 0 Å². The molecule has 2 aliphatic rings.